The van der Waals surface area contributed by atoms with Crippen molar-refractivity contribution >= 4 is 50.5 Å². The van der Waals surface area contributed by atoms with E-state index in [9.17, 15) is 0 Å². The molecule has 13 heavy (non-hydrogen) atoms. The third-order valence-electron chi connectivity index (χ3n) is 2.08. The second-order valence-corrected chi connectivity index (χ2v) is 6.34. The zero-order valence-electron chi connectivity index (χ0n) is 7.48. The zero-order valence-corrected chi connectivity index (χ0v) is 11.4. The highest BCUT2D eigenvalue weighted by Gasteiger charge is 2.18. The van der Waals surface area contributed by atoms with Gasteiger partial charge in [-0.2, -0.15) is 0 Å². The molecule has 1 aromatic heterocycles. The number of hydrogen-bond acceptors (Lipinski definition) is 1. The molecule has 0 radical (unpaired) electrons. The normalized spacial score (nSPS) is 15.8. The van der Waals surface area contributed by atoms with Crippen LogP contribution >= 0.6 is 50.5 Å². The molecule has 0 spiro atoms. The Hall–Kier alpha value is 0.760. The zero-order chi connectivity index (χ0) is 10.0. The van der Waals surface area contributed by atoms with Gasteiger partial charge in [0.1, 0.15) is 0 Å². The van der Waals surface area contributed by atoms with Gasteiger partial charge in [-0.1, -0.05) is 31.9 Å². The molecular weight excluding hydrogens is 291 g/mol. The molecule has 74 valence electrons. The average molecular weight is 302 g/mol. The van der Waals surface area contributed by atoms with E-state index >= 15 is 0 Å². The van der Waals surface area contributed by atoms with Crippen LogP contribution in [0.15, 0.2) is 9.85 Å². The van der Waals surface area contributed by atoms with E-state index in [-0.39, 0.29) is 5.38 Å². The fourth-order valence-corrected chi connectivity index (χ4v) is 3.22. The molecule has 0 bridgehead atoms. The van der Waals surface area contributed by atoms with Crippen molar-refractivity contribution in [2.45, 2.75) is 25.6 Å². The first-order chi connectivity index (χ1) is 6.06. The Morgan fingerprint density at radius 2 is 2.23 bits per heavy atom. The minimum absolute atomic E-state index is 0.0822. The van der Waals surface area contributed by atoms with Crippen molar-refractivity contribution in [3.8, 4) is 0 Å². The smallest absolute Gasteiger partial charge is 0.0887 e. The largest absolute Gasteiger partial charge is 0.130 e. The van der Waals surface area contributed by atoms with Gasteiger partial charge < -0.3 is 0 Å². The van der Waals surface area contributed by atoms with Crippen LogP contribution in [0.25, 0.3) is 0 Å². The summed E-state index contributed by atoms with van der Waals surface area (Å²) in [6, 6.07) is 1.94. The summed E-state index contributed by atoms with van der Waals surface area (Å²) in [6.07, 6.45) is 1.08. The lowest BCUT2D eigenvalue weighted by atomic mass is 10.0. The molecule has 1 aromatic rings. The maximum Gasteiger partial charge on any atom is 0.0887 e. The van der Waals surface area contributed by atoms with Crippen LogP contribution in [0, 0.1) is 5.92 Å². The summed E-state index contributed by atoms with van der Waals surface area (Å²) in [5.41, 5.74) is 0. The van der Waals surface area contributed by atoms with E-state index in [1.54, 1.807) is 11.3 Å². The summed E-state index contributed by atoms with van der Waals surface area (Å²) in [5.74, 6) is 0.489. The molecule has 1 rings (SSSR count). The maximum absolute atomic E-state index is 6.27. The summed E-state index contributed by atoms with van der Waals surface area (Å²) < 4.78 is 0.970. The van der Waals surface area contributed by atoms with Gasteiger partial charge >= 0.3 is 0 Å². The van der Waals surface area contributed by atoms with Gasteiger partial charge in [-0.25, -0.2) is 0 Å². The standard InChI is InChI=1S/C9H11BrCl2S/c1-3-5(2)8(12)7-4-6(11)9(10)13-7/h4-5,8H,3H2,1-2H3. The van der Waals surface area contributed by atoms with Gasteiger partial charge in [0.05, 0.1) is 14.2 Å². The quantitative estimate of drug-likeness (QED) is 0.648. The third-order valence-corrected chi connectivity index (χ3v) is 5.43. The second-order valence-electron chi connectivity index (χ2n) is 3.06. The highest BCUT2D eigenvalue weighted by Crippen LogP contribution is 2.40. The van der Waals surface area contributed by atoms with Crippen molar-refractivity contribution in [2.24, 2.45) is 5.92 Å². The highest BCUT2D eigenvalue weighted by molar-refractivity contribution is 9.11. The van der Waals surface area contributed by atoms with Crippen LogP contribution in [-0.4, -0.2) is 0 Å². The van der Waals surface area contributed by atoms with E-state index in [2.05, 4.69) is 29.8 Å². The van der Waals surface area contributed by atoms with Crippen LogP contribution < -0.4 is 0 Å². The Morgan fingerprint density at radius 3 is 2.62 bits per heavy atom. The highest BCUT2D eigenvalue weighted by atomic mass is 79.9. The molecule has 2 atom stereocenters. The number of rotatable bonds is 3. The molecule has 0 aliphatic rings. The fraction of sp³-hybridized carbons (Fsp3) is 0.556. The summed E-state index contributed by atoms with van der Waals surface area (Å²) in [4.78, 5) is 1.15. The van der Waals surface area contributed by atoms with Crippen LogP contribution in [0.4, 0.5) is 0 Å². The molecule has 0 saturated carbocycles. The summed E-state index contributed by atoms with van der Waals surface area (Å²) in [5, 5.41) is 0.841. The number of alkyl halides is 1. The first-order valence-electron chi connectivity index (χ1n) is 4.15. The van der Waals surface area contributed by atoms with Crippen molar-refractivity contribution in [1.82, 2.24) is 0 Å². The number of hydrogen-bond donors (Lipinski definition) is 0. The second kappa shape index (κ2) is 5.01. The molecule has 0 amide bonds. The molecule has 2 unspecified atom stereocenters. The molecular formula is C9H11BrCl2S. The van der Waals surface area contributed by atoms with Gasteiger partial charge in [0.25, 0.3) is 0 Å². The van der Waals surface area contributed by atoms with Crippen molar-refractivity contribution in [3.05, 3.63) is 19.8 Å². The van der Waals surface area contributed by atoms with Crippen molar-refractivity contribution in [2.75, 3.05) is 0 Å². The molecule has 0 aromatic carbocycles. The van der Waals surface area contributed by atoms with Crippen LogP contribution in [0.5, 0.6) is 0 Å². The molecule has 0 nitrogen and oxygen atoms in total. The van der Waals surface area contributed by atoms with Crippen LogP contribution in [0.1, 0.15) is 30.5 Å². The maximum atomic E-state index is 6.27. The third kappa shape index (κ3) is 2.85. The summed E-state index contributed by atoms with van der Waals surface area (Å²) in [6.45, 7) is 4.30. The lowest BCUT2D eigenvalue weighted by Gasteiger charge is -2.13. The van der Waals surface area contributed by atoms with Crippen molar-refractivity contribution in [1.29, 1.82) is 0 Å². The lowest BCUT2D eigenvalue weighted by Crippen LogP contribution is -1.99. The van der Waals surface area contributed by atoms with Gasteiger partial charge in [0.15, 0.2) is 0 Å². The first kappa shape index (κ1) is 11.8. The molecule has 1 heterocycles. The van der Waals surface area contributed by atoms with Crippen LogP contribution in [-0.2, 0) is 0 Å². The predicted octanol–water partition coefficient (Wildman–Crippen LogP) is 5.49. The molecule has 0 aliphatic heterocycles. The predicted molar refractivity (Wildman–Crippen MR) is 65.1 cm³/mol. The van der Waals surface area contributed by atoms with E-state index in [1.165, 1.54) is 0 Å². The monoisotopic (exact) mass is 300 g/mol. The van der Waals surface area contributed by atoms with Gasteiger partial charge in [-0.05, 0) is 27.9 Å². The van der Waals surface area contributed by atoms with Gasteiger partial charge in [-0.3, -0.25) is 0 Å². The minimum Gasteiger partial charge on any atom is -0.130 e. The van der Waals surface area contributed by atoms with E-state index in [0.717, 1.165) is 20.1 Å². The van der Waals surface area contributed by atoms with E-state index in [0.29, 0.717) is 5.92 Å². The Bertz CT molecular complexity index is 266. The van der Waals surface area contributed by atoms with E-state index in [1.807, 2.05) is 6.07 Å². The molecule has 0 aliphatic carbocycles. The first-order valence-corrected chi connectivity index (χ1v) is 6.57. The summed E-state index contributed by atoms with van der Waals surface area (Å²) in [7, 11) is 0. The SMILES string of the molecule is CCC(C)C(Cl)c1cc(Cl)c(Br)s1. The molecule has 0 fully saturated rings. The molecule has 4 heteroatoms. The fourth-order valence-electron chi connectivity index (χ4n) is 0.987. The van der Waals surface area contributed by atoms with Crippen LogP contribution in [0.2, 0.25) is 5.02 Å². The van der Waals surface area contributed by atoms with Gasteiger partial charge in [0, 0.05) is 4.88 Å². The van der Waals surface area contributed by atoms with Crippen LogP contribution in [0.3, 0.4) is 0 Å². The number of halogens is 3. The number of thiophene rings is 1. The topological polar surface area (TPSA) is 0 Å². The van der Waals surface area contributed by atoms with Crippen molar-refractivity contribution < 1.29 is 0 Å². The van der Waals surface area contributed by atoms with E-state index < -0.39 is 0 Å². The average Bonchev–Trinajstić information content (AvgIpc) is 2.44. The Balaban J connectivity index is 2.82. The Kier molecular flexibility index (Phi) is 4.56. The van der Waals surface area contributed by atoms with Gasteiger partial charge in [-0.15, -0.1) is 22.9 Å². The van der Waals surface area contributed by atoms with Gasteiger partial charge in [0.2, 0.25) is 0 Å². The Morgan fingerprint density at radius 1 is 1.62 bits per heavy atom. The van der Waals surface area contributed by atoms with Crippen molar-refractivity contribution in [3.63, 3.8) is 0 Å². The Labute approximate surface area is 101 Å². The van der Waals surface area contributed by atoms with E-state index in [4.69, 9.17) is 23.2 Å². The minimum atomic E-state index is 0.0822. The lowest BCUT2D eigenvalue weighted by molar-refractivity contribution is 0.547. The molecule has 0 N–H and O–H groups in total. The summed E-state index contributed by atoms with van der Waals surface area (Å²) >= 11 is 17.2. The molecule has 0 saturated heterocycles.